The van der Waals surface area contributed by atoms with Gasteiger partial charge in [-0.15, -0.1) is 0 Å². The maximum absolute atomic E-state index is 12.5. The van der Waals surface area contributed by atoms with Gasteiger partial charge < -0.3 is 19.9 Å². The molecule has 0 saturated heterocycles. The highest BCUT2D eigenvalue weighted by molar-refractivity contribution is 5.96. The van der Waals surface area contributed by atoms with Crippen LogP contribution in [0.4, 0.5) is 0 Å². The first kappa shape index (κ1) is 27.6. The Morgan fingerprint density at radius 2 is 1.97 bits per heavy atom. The fourth-order valence-electron chi connectivity index (χ4n) is 8.67. The molecule has 1 aromatic rings. The van der Waals surface area contributed by atoms with E-state index in [1.165, 1.54) is 38.3 Å². The molecule has 2 N–H and O–H groups in total. The lowest BCUT2D eigenvalue weighted by atomic mass is 9.46. The summed E-state index contributed by atoms with van der Waals surface area (Å²) < 4.78 is 4.82. The van der Waals surface area contributed by atoms with Crippen LogP contribution in [0.2, 0.25) is 0 Å². The molecule has 1 heterocycles. The number of carbonyl (C=O) groups excluding carboxylic acids is 3. The first-order chi connectivity index (χ1) is 18.7. The molecule has 3 fully saturated rings. The molecule has 0 aliphatic heterocycles. The van der Waals surface area contributed by atoms with Crippen LogP contribution in [0.1, 0.15) is 77.8 Å². The number of amides is 1. The van der Waals surface area contributed by atoms with Crippen LogP contribution in [-0.2, 0) is 30.4 Å². The summed E-state index contributed by atoms with van der Waals surface area (Å²) in [4.78, 5) is 49.3. The fraction of sp³-hybridized carbons (Fsp3) is 0.700. The van der Waals surface area contributed by atoms with E-state index in [2.05, 4.69) is 40.4 Å². The number of aromatic amines is 1. The number of hydrogen-bond donors (Lipinski definition) is 2. The van der Waals surface area contributed by atoms with E-state index in [-0.39, 0.29) is 29.8 Å². The third-order valence-corrected chi connectivity index (χ3v) is 10.6. The van der Waals surface area contributed by atoms with Gasteiger partial charge in [-0.3, -0.25) is 9.59 Å². The first-order valence-corrected chi connectivity index (χ1v) is 14.4. The molecule has 39 heavy (non-hydrogen) atoms. The lowest BCUT2D eigenvalue weighted by Gasteiger charge is -2.58. The minimum absolute atomic E-state index is 0.162. The van der Waals surface area contributed by atoms with Crippen LogP contribution in [0.15, 0.2) is 29.3 Å². The summed E-state index contributed by atoms with van der Waals surface area (Å²) in [5.41, 5.74) is 3.37. The minimum atomic E-state index is -0.838. The van der Waals surface area contributed by atoms with Crippen LogP contribution < -0.4 is 5.32 Å². The lowest BCUT2D eigenvalue weighted by Crippen LogP contribution is -2.51. The van der Waals surface area contributed by atoms with Gasteiger partial charge in [0.05, 0.1) is 19.1 Å². The van der Waals surface area contributed by atoms with Gasteiger partial charge in [-0.1, -0.05) is 24.6 Å². The van der Waals surface area contributed by atoms with Gasteiger partial charge in [-0.2, -0.15) is 0 Å². The monoisotopic (exact) mass is 538 g/mol. The van der Waals surface area contributed by atoms with E-state index in [0.29, 0.717) is 29.2 Å². The maximum Gasteiger partial charge on any atom is 0.328 e. The molecule has 0 radical (unpaired) electrons. The molecular weight excluding hydrogens is 496 g/mol. The van der Waals surface area contributed by atoms with Crippen molar-refractivity contribution in [3.05, 3.63) is 29.9 Å². The number of carbonyl (C=O) groups is 3. The number of Topliss-reactive ketones (excluding diaryl/α,β-unsaturated/α-hetero) is 1. The summed E-state index contributed by atoms with van der Waals surface area (Å²) in [7, 11) is 1.29. The molecule has 1 amide bonds. The predicted molar refractivity (Wildman–Crippen MR) is 145 cm³/mol. The van der Waals surface area contributed by atoms with Gasteiger partial charge in [0, 0.05) is 24.2 Å². The number of hydrogen-bond acceptors (Lipinski definition) is 7. The standard InChI is InChI=1S/C30H42N4O5/c1-18(35)23-7-8-24-22-6-5-19-13-20(9-11-29(19,2)25(22)10-12-30(23,24)3)34-39-16-27(36)33-26(28(37)38-4)14-21-15-31-17-32-21/h13,15,17,22-26H,5-12,14,16H2,1-4H3,(H,31,32)(H,33,36)/b34-20-/t22?,23?,24?,25?,26?,29-,30+/m0/s1. The summed E-state index contributed by atoms with van der Waals surface area (Å²) in [5, 5.41) is 6.97. The Hall–Kier alpha value is -2.97. The van der Waals surface area contributed by atoms with Crippen LogP contribution >= 0.6 is 0 Å². The van der Waals surface area contributed by atoms with E-state index in [4.69, 9.17) is 9.57 Å². The van der Waals surface area contributed by atoms with E-state index in [1.807, 2.05) is 0 Å². The molecule has 0 bridgehead atoms. The van der Waals surface area contributed by atoms with E-state index < -0.39 is 17.9 Å². The maximum atomic E-state index is 12.5. The van der Waals surface area contributed by atoms with Gasteiger partial charge in [0.2, 0.25) is 0 Å². The number of H-pyrrole nitrogens is 1. The number of fused-ring (bicyclic) bond motifs is 5. The number of nitrogens with one attached hydrogen (secondary N) is 2. The van der Waals surface area contributed by atoms with Crippen molar-refractivity contribution in [2.24, 2.45) is 39.7 Å². The van der Waals surface area contributed by atoms with E-state index in [1.54, 1.807) is 13.1 Å². The Labute approximate surface area is 230 Å². The van der Waals surface area contributed by atoms with E-state index >= 15 is 0 Å². The molecule has 1 aromatic heterocycles. The van der Waals surface area contributed by atoms with Crippen molar-refractivity contribution in [3.63, 3.8) is 0 Å². The molecule has 7 atom stereocenters. The highest BCUT2D eigenvalue weighted by Gasteiger charge is 2.59. The second-order valence-electron chi connectivity index (χ2n) is 12.6. The number of imidazole rings is 1. The molecule has 0 spiro atoms. The van der Waals surface area contributed by atoms with Crippen LogP contribution in [0.25, 0.3) is 0 Å². The zero-order valence-electron chi connectivity index (χ0n) is 23.6. The second-order valence-corrected chi connectivity index (χ2v) is 12.6. The molecule has 212 valence electrons. The number of nitrogens with zero attached hydrogens (tertiary/aromatic N) is 2. The van der Waals surface area contributed by atoms with Crippen molar-refractivity contribution < 1.29 is 24.0 Å². The molecule has 5 rings (SSSR count). The fourth-order valence-corrected chi connectivity index (χ4v) is 8.67. The van der Waals surface area contributed by atoms with Gasteiger partial charge >= 0.3 is 5.97 Å². The summed E-state index contributed by atoms with van der Waals surface area (Å²) in [6.45, 7) is 6.35. The third-order valence-electron chi connectivity index (χ3n) is 10.6. The van der Waals surface area contributed by atoms with Crippen molar-refractivity contribution in [1.29, 1.82) is 0 Å². The number of methoxy groups -OCH3 is 1. The van der Waals surface area contributed by atoms with Crippen LogP contribution in [-0.4, -0.2) is 53.1 Å². The number of ketones is 1. The summed E-state index contributed by atoms with van der Waals surface area (Å²) in [6.07, 6.45) is 14.2. The van der Waals surface area contributed by atoms with Crippen molar-refractivity contribution in [1.82, 2.24) is 15.3 Å². The van der Waals surface area contributed by atoms with E-state index in [0.717, 1.165) is 37.8 Å². The average Bonchev–Trinajstić information content (AvgIpc) is 3.55. The Kier molecular flexibility index (Phi) is 7.71. The SMILES string of the molecule is COC(=O)C(Cc1cnc[nH]1)NC(=O)CO/N=C1\C=C2CCC3C4CCC(C(C)=O)[C@@]4(C)CCC3[C@@]2(C)CC1. The zero-order chi connectivity index (χ0) is 27.8. The number of rotatable bonds is 8. The first-order valence-electron chi connectivity index (χ1n) is 14.4. The van der Waals surface area contributed by atoms with Crippen LogP contribution in [0.5, 0.6) is 0 Å². The molecule has 4 aliphatic carbocycles. The second kappa shape index (κ2) is 10.9. The third kappa shape index (κ3) is 5.16. The highest BCUT2D eigenvalue weighted by atomic mass is 16.6. The molecular formula is C30H42N4O5. The Morgan fingerprint density at radius 1 is 1.15 bits per heavy atom. The van der Waals surface area contributed by atoms with Crippen molar-refractivity contribution in [3.8, 4) is 0 Å². The van der Waals surface area contributed by atoms with Gasteiger partial charge in [-0.05, 0) is 93.0 Å². The van der Waals surface area contributed by atoms with Crippen LogP contribution in [0.3, 0.4) is 0 Å². The Morgan fingerprint density at radius 3 is 2.69 bits per heavy atom. The zero-order valence-corrected chi connectivity index (χ0v) is 23.6. The summed E-state index contributed by atoms with van der Waals surface area (Å²) >= 11 is 0. The van der Waals surface area contributed by atoms with Gasteiger partial charge in [0.15, 0.2) is 6.61 Å². The number of ether oxygens (including phenoxy) is 1. The lowest BCUT2D eigenvalue weighted by molar-refractivity contribution is -0.145. The molecule has 3 saturated carbocycles. The topological polar surface area (TPSA) is 123 Å². The summed E-state index contributed by atoms with van der Waals surface area (Å²) in [5.74, 6) is 1.65. The number of allylic oxidation sites excluding steroid dienone is 2. The number of aromatic nitrogens is 2. The molecule has 9 heteroatoms. The van der Waals surface area contributed by atoms with Crippen molar-refractivity contribution in [2.75, 3.05) is 13.7 Å². The Balaban J connectivity index is 1.19. The normalized spacial score (nSPS) is 35.2. The quantitative estimate of drug-likeness (QED) is 0.379. The van der Waals surface area contributed by atoms with E-state index in [9.17, 15) is 14.4 Å². The van der Waals surface area contributed by atoms with Gasteiger partial charge in [-0.25, -0.2) is 9.78 Å². The predicted octanol–water partition coefficient (Wildman–Crippen LogP) is 4.15. The Bertz CT molecular complexity index is 1160. The molecule has 4 aliphatic rings. The number of esters is 1. The van der Waals surface area contributed by atoms with Gasteiger partial charge in [0.25, 0.3) is 5.91 Å². The molecule has 0 aromatic carbocycles. The molecule has 5 unspecified atom stereocenters. The summed E-state index contributed by atoms with van der Waals surface area (Å²) in [6, 6.07) is -0.838. The van der Waals surface area contributed by atoms with Gasteiger partial charge in [0.1, 0.15) is 11.8 Å². The van der Waals surface area contributed by atoms with Crippen LogP contribution in [0, 0.1) is 34.5 Å². The number of oxime groups is 1. The van der Waals surface area contributed by atoms with Crippen molar-refractivity contribution in [2.45, 2.75) is 84.6 Å². The smallest absolute Gasteiger partial charge is 0.328 e. The average molecular weight is 539 g/mol. The largest absolute Gasteiger partial charge is 0.467 e. The van der Waals surface area contributed by atoms with Crippen molar-refractivity contribution >= 4 is 23.4 Å². The highest BCUT2D eigenvalue weighted by Crippen LogP contribution is 2.66. The minimum Gasteiger partial charge on any atom is -0.467 e. The molecule has 9 nitrogen and oxygen atoms in total.